The van der Waals surface area contributed by atoms with Crippen molar-refractivity contribution in [1.29, 1.82) is 0 Å². The van der Waals surface area contributed by atoms with E-state index in [1.54, 1.807) is 25.1 Å². The molecule has 1 atom stereocenters. The number of carboxylic acid groups (broad SMARTS) is 1. The van der Waals surface area contributed by atoms with Crippen LogP contribution in [-0.2, 0) is 9.59 Å². The van der Waals surface area contributed by atoms with Crippen LogP contribution in [0.2, 0.25) is 10.0 Å². The second kappa shape index (κ2) is 7.62. The number of hydrogen-bond acceptors (Lipinski definition) is 3. The van der Waals surface area contributed by atoms with Crippen LogP contribution < -0.4 is 5.32 Å². The molecule has 1 amide bonds. The number of thioether (sulfide) groups is 1. The van der Waals surface area contributed by atoms with E-state index in [9.17, 15) is 9.59 Å². The normalized spacial score (nSPS) is 11.9. The molecule has 0 saturated carbocycles. The summed E-state index contributed by atoms with van der Waals surface area (Å²) in [4.78, 5) is 22.2. The number of aliphatic carboxylic acids is 1. The number of amides is 1. The maximum absolute atomic E-state index is 11.6. The smallest absolute Gasteiger partial charge is 0.307 e. The van der Waals surface area contributed by atoms with E-state index >= 15 is 0 Å². The highest BCUT2D eigenvalue weighted by molar-refractivity contribution is 8.00. The Morgan fingerprint density at radius 3 is 2.63 bits per heavy atom. The minimum atomic E-state index is -0.864. The summed E-state index contributed by atoms with van der Waals surface area (Å²) in [6.45, 7) is 1.60. The minimum Gasteiger partial charge on any atom is -0.481 e. The first-order valence-corrected chi connectivity index (χ1v) is 7.36. The van der Waals surface area contributed by atoms with Crippen molar-refractivity contribution in [3.8, 4) is 0 Å². The van der Waals surface area contributed by atoms with E-state index in [4.69, 9.17) is 28.3 Å². The van der Waals surface area contributed by atoms with Crippen molar-refractivity contribution >= 4 is 52.5 Å². The zero-order valence-corrected chi connectivity index (χ0v) is 12.5. The molecule has 0 radical (unpaired) electrons. The van der Waals surface area contributed by atoms with E-state index in [2.05, 4.69) is 5.32 Å². The van der Waals surface area contributed by atoms with E-state index in [1.807, 2.05) is 0 Å². The number of halogens is 2. The molecule has 0 spiro atoms. The minimum absolute atomic E-state index is 0.192. The fourth-order valence-electron chi connectivity index (χ4n) is 1.17. The Kier molecular flexibility index (Phi) is 6.48. The van der Waals surface area contributed by atoms with Crippen molar-refractivity contribution in [3.05, 3.63) is 28.2 Å². The van der Waals surface area contributed by atoms with Gasteiger partial charge in [-0.1, -0.05) is 30.1 Å². The topological polar surface area (TPSA) is 66.4 Å². The van der Waals surface area contributed by atoms with Crippen molar-refractivity contribution in [2.45, 2.75) is 6.92 Å². The standard InChI is InChI=1S/C12H13Cl2NO3S/c1-7(12(17)18)5-19-6-11(16)15-8-2-3-9(13)10(14)4-8/h2-4,7H,5-6H2,1H3,(H,15,16)(H,17,18). The van der Waals surface area contributed by atoms with Crippen molar-refractivity contribution < 1.29 is 14.7 Å². The zero-order valence-electron chi connectivity index (χ0n) is 10.2. The number of carboxylic acids is 1. The van der Waals surface area contributed by atoms with E-state index in [-0.39, 0.29) is 11.7 Å². The lowest BCUT2D eigenvalue weighted by Gasteiger charge is -2.07. The third-order valence-electron chi connectivity index (χ3n) is 2.23. The molecule has 1 unspecified atom stereocenters. The van der Waals surface area contributed by atoms with Crippen LogP contribution in [0.1, 0.15) is 6.92 Å². The van der Waals surface area contributed by atoms with Gasteiger partial charge in [0.2, 0.25) is 5.91 Å². The van der Waals surface area contributed by atoms with Gasteiger partial charge in [0.25, 0.3) is 0 Å². The molecular formula is C12H13Cl2NO3S. The Morgan fingerprint density at radius 1 is 1.37 bits per heavy atom. The molecule has 2 N–H and O–H groups in total. The fourth-order valence-corrected chi connectivity index (χ4v) is 2.34. The monoisotopic (exact) mass is 321 g/mol. The summed E-state index contributed by atoms with van der Waals surface area (Å²) in [5.74, 6) is -0.955. The maximum atomic E-state index is 11.6. The molecule has 1 rings (SSSR count). The molecule has 0 fully saturated rings. The Labute approximate surface area is 125 Å². The summed E-state index contributed by atoms with van der Waals surface area (Å²) in [6, 6.07) is 4.81. The molecule has 4 nitrogen and oxygen atoms in total. The van der Waals surface area contributed by atoms with Gasteiger partial charge in [0.05, 0.1) is 21.7 Å². The third kappa shape index (κ3) is 5.72. The average Bonchev–Trinajstić information content (AvgIpc) is 2.33. The summed E-state index contributed by atoms with van der Waals surface area (Å²) in [5.41, 5.74) is 0.561. The molecule has 1 aromatic rings. The van der Waals surface area contributed by atoms with Crippen LogP contribution in [0.4, 0.5) is 5.69 Å². The van der Waals surface area contributed by atoms with Gasteiger partial charge < -0.3 is 10.4 Å². The molecule has 1 aromatic carbocycles. The van der Waals surface area contributed by atoms with Crippen LogP contribution in [0.5, 0.6) is 0 Å². The number of nitrogens with one attached hydrogen (secondary N) is 1. The van der Waals surface area contributed by atoms with Gasteiger partial charge >= 0.3 is 5.97 Å². The Hall–Kier alpha value is -0.910. The van der Waals surface area contributed by atoms with Gasteiger partial charge in [-0.15, -0.1) is 0 Å². The molecule has 104 valence electrons. The first-order chi connectivity index (χ1) is 8.90. The van der Waals surface area contributed by atoms with Gasteiger partial charge in [0, 0.05) is 11.4 Å². The second-order valence-corrected chi connectivity index (χ2v) is 5.78. The van der Waals surface area contributed by atoms with Gasteiger partial charge in [-0.3, -0.25) is 9.59 Å². The SMILES string of the molecule is CC(CSCC(=O)Nc1ccc(Cl)c(Cl)c1)C(=O)O. The summed E-state index contributed by atoms with van der Waals surface area (Å²) >= 11 is 12.9. The van der Waals surface area contributed by atoms with Gasteiger partial charge in [-0.2, -0.15) is 11.8 Å². The number of carbonyl (C=O) groups is 2. The Balaban J connectivity index is 2.39. The quantitative estimate of drug-likeness (QED) is 0.842. The van der Waals surface area contributed by atoms with Gasteiger partial charge in [-0.25, -0.2) is 0 Å². The van der Waals surface area contributed by atoms with Crippen LogP contribution in [0.25, 0.3) is 0 Å². The number of carbonyl (C=O) groups excluding carboxylic acids is 1. The highest BCUT2D eigenvalue weighted by atomic mass is 35.5. The van der Waals surface area contributed by atoms with Crippen LogP contribution in [0.3, 0.4) is 0 Å². The summed E-state index contributed by atoms with van der Waals surface area (Å²) in [6.07, 6.45) is 0. The van der Waals surface area contributed by atoms with Crippen LogP contribution in [0, 0.1) is 5.92 Å². The molecule has 0 aliphatic carbocycles. The number of hydrogen-bond donors (Lipinski definition) is 2. The molecule has 19 heavy (non-hydrogen) atoms. The molecule has 0 saturated heterocycles. The summed E-state index contributed by atoms with van der Waals surface area (Å²) in [5, 5.41) is 12.1. The summed E-state index contributed by atoms with van der Waals surface area (Å²) < 4.78 is 0. The van der Waals surface area contributed by atoms with Crippen molar-refractivity contribution in [3.63, 3.8) is 0 Å². The van der Waals surface area contributed by atoms with E-state index in [0.29, 0.717) is 21.5 Å². The lowest BCUT2D eigenvalue weighted by atomic mass is 10.2. The third-order valence-corrected chi connectivity index (χ3v) is 4.17. The highest BCUT2D eigenvalue weighted by Crippen LogP contribution is 2.25. The van der Waals surface area contributed by atoms with Crippen molar-refractivity contribution in [2.24, 2.45) is 5.92 Å². The molecule has 0 aliphatic rings. The molecular weight excluding hydrogens is 309 g/mol. The van der Waals surface area contributed by atoms with Crippen molar-refractivity contribution in [1.82, 2.24) is 0 Å². The molecule has 0 heterocycles. The number of benzene rings is 1. The average molecular weight is 322 g/mol. The molecule has 7 heteroatoms. The van der Waals surface area contributed by atoms with Gasteiger partial charge in [-0.05, 0) is 18.2 Å². The van der Waals surface area contributed by atoms with Crippen LogP contribution in [-0.4, -0.2) is 28.5 Å². The van der Waals surface area contributed by atoms with E-state index < -0.39 is 11.9 Å². The Morgan fingerprint density at radius 2 is 2.05 bits per heavy atom. The summed E-state index contributed by atoms with van der Waals surface area (Å²) in [7, 11) is 0. The predicted octanol–water partition coefficient (Wildman–Crippen LogP) is 3.39. The number of anilines is 1. The lowest BCUT2D eigenvalue weighted by Crippen LogP contribution is -2.17. The van der Waals surface area contributed by atoms with Crippen molar-refractivity contribution in [2.75, 3.05) is 16.8 Å². The van der Waals surface area contributed by atoms with E-state index in [0.717, 1.165) is 0 Å². The molecule has 0 aliphatic heterocycles. The second-order valence-electron chi connectivity index (χ2n) is 3.93. The van der Waals surface area contributed by atoms with Crippen LogP contribution in [0.15, 0.2) is 18.2 Å². The van der Waals surface area contributed by atoms with Gasteiger partial charge in [0.1, 0.15) is 0 Å². The fraction of sp³-hybridized carbons (Fsp3) is 0.333. The van der Waals surface area contributed by atoms with Gasteiger partial charge in [0.15, 0.2) is 0 Å². The number of rotatable bonds is 6. The van der Waals surface area contributed by atoms with E-state index in [1.165, 1.54) is 11.8 Å². The molecule has 0 aromatic heterocycles. The lowest BCUT2D eigenvalue weighted by molar-refractivity contribution is -0.140. The first kappa shape index (κ1) is 16.1. The Bertz CT molecular complexity index is 482. The molecule has 0 bridgehead atoms. The largest absolute Gasteiger partial charge is 0.481 e. The van der Waals surface area contributed by atoms with Crippen LogP contribution >= 0.6 is 35.0 Å². The first-order valence-electron chi connectivity index (χ1n) is 5.45. The predicted molar refractivity (Wildman–Crippen MR) is 79.2 cm³/mol. The maximum Gasteiger partial charge on any atom is 0.307 e. The zero-order chi connectivity index (χ0) is 14.4. The highest BCUT2D eigenvalue weighted by Gasteiger charge is 2.12.